The average molecular weight is 293 g/mol. The molecule has 0 bridgehead atoms. The first-order chi connectivity index (χ1) is 9.27. The molecule has 1 aromatic heterocycles. The van der Waals surface area contributed by atoms with Crippen LogP contribution in [0, 0.1) is 31.1 Å². The predicted octanol–water partition coefficient (Wildman–Crippen LogP) is 4.72. The summed E-state index contributed by atoms with van der Waals surface area (Å²) in [7, 11) is 0. The molecule has 2 nitrogen and oxygen atoms in total. The molecule has 0 aromatic carbocycles. The molecule has 0 spiro atoms. The monoisotopic (exact) mass is 293 g/mol. The third-order valence-electron chi connectivity index (χ3n) is 4.81. The van der Waals surface area contributed by atoms with E-state index in [0.717, 1.165) is 29.5 Å². The van der Waals surface area contributed by atoms with Crippen LogP contribution in [0.1, 0.15) is 62.0 Å². The number of Topliss-reactive ketones (excluding diaryl/α,β-unsaturated/α-hetero) is 1. The first kappa shape index (κ1) is 15.7. The summed E-state index contributed by atoms with van der Waals surface area (Å²) in [5.41, 5.74) is 1.46. The van der Waals surface area contributed by atoms with Crippen molar-refractivity contribution in [3.63, 3.8) is 0 Å². The van der Waals surface area contributed by atoms with Gasteiger partial charge in [0.05, 0.1) is 12.1 Å². The van der Waals surface area contributed by atoms with Crippen LogP contribution in [-0.2, 0) is 11.2 Å². The van der Waals surface area contributed by atoms with E-state index in [1.807, 2.05) is 6.92 Å². The van der Waals surface area contributed by atoms with Crippen molar-refractivity contribution in [2.24, 2.45) is 17.3 Å². The summed E-state index contributed by atoms with van der Waals surface area (Å²) >= 11 is 1.68. The van der Waals surface area contributed by atoms with Gasteiger partial charge in [0.2, 0.25) is 0 Å². The number of rotatable bonds is 3. The van der Waals surface area contributed by atoms with Crippen LogP contribution in [-0.4, -0.2) is 10.8 Å². The molecule has 1 aliphatic carbocycles. The van der Waals surface area contributed by atoms with Crippen LogP contribution in [0.15, 0.2) is 0 Å². The Morgan fingerprint density at radius 1 is 1.20 bits per heavy atom. The van der Waals surface area contributed by atoms with Crippen LogP contribution in [0.4, 0.5) is 0 Å². The first-order valence-corrected chi connectivity index (χ1v) is 8.54. The molecule has 0 unspecified atom stereocenters. The van der Waals surface area contributed by atoms with Crippen molar-refractivity contribution in [3.8, 4) is 0 Å². The van der Waals surface area contributed by atoms with Gasteiger partial charge in [-0.05, 0) is 50.9 Å². The van der Waals surface area contributed by atoms with Crippen LogP contribution in [0.25, 0.3) is 0 Å². The number of hydrogen-bond donors (Lipinski definition) is 0. The van der Waals surface area contributed by atoms with Gasteiger partial charge in [0.1, 0.15) is 10.8 Å². The van der Waals surface area contributed by atoms with Crippen LogP contribution < -0.4 is 0 Å². The first-order valence-electron chi connectivity index (χ1n) is 7.73. The van der Waals surface area contributed by atoms with Gasteiger partial charge in [-0.3, -0.25) is 4.79 Å². The molecule has 112 valence electrons. The van der Waals surface area contributed by atoms with Crippen molar-refractivity contribution in [2.75, 3.05) is 0 Å². The van der Waals surface area contributed by atoms with Gasteiger partial charge in [0, 0.05) is 10.8 Å². The molecule has 1 fully saturated rings. The Bertz CT molecular complexity index is 456. The minimum atomic E-state index is 0.276. The highest BCUT2D eigenvalue weighted by atomic mass is 32.1. The normalized spacial score (nSPS) is 23.9. The van der Waals surface area contributed by atoms with Crippen LogP contribution in [0.3, 0.4) is 0 Å². The van der Waals surface area contributed by atoms with Crippen molar-refractivity contribution < 1.29 is 4.79 Å². The number of carbonyl (C=O) groups is 1. The third kappa shape index (κ3) is 3.69. The molecule has 0 atom stereocenters. The minimum Gasteiger partial charge on any atom is -0.299 e. The van der Waals surface area contributed by atoms with Crippen LogP contribution in [0.2, 0.25) is 0 Å². The number of thiazole rings is 1. The Labute approximate surface area is 127 Å². The van der Waals surface area contributed by atoms with Gasteiger partial charge in [-0.2, -0.15) is 0 Å². The zero-order valence-corrected chi connectivity index (χ0v) is 14.3. The number of hydrogen-bond acceptors (Lipinski definition) is 3. The topological polar surface area (TPSA) is 30.0 Å². The van der Waals surface area contributed by atoms with Crippen molar-refractivity contribution in [3.05, 3.63) is 15.6 Å². The summed E-state index contributed by atoms with van der Waals surface area (Å²) in [6, 6.07) is 0. The molecular formula is C17H27NOS. The van der Waals surface area contributed by atoms with Gasteiger partial charge < -0.3 is 0 Å². The Morgan fingerprint density at radius 3 is 2.25 bits per heavy atom. The number of carbonyl (C=O) groups excluding carboxylic acids is 1. The van der Waals surface area contributed by atoms with E-state index < -0.39 is 0 Å². The Kier molecular flexibility index (Phi) is 4.68. The summed E-state index contributed by atoms with van der Waals surface area (Å²) < 4.78 is 0. The summed E-state index contributed by atoms with van der Waals surface area (Å²) in [4.78, 5) is 18.1. The Balaban J connectivity index is 1.89. The number of aryl methyl sites for hydroxylation is 2. The summed E-state index contributed by atoms with van der Waals surface area (Å²) in [5, 5.41) is 1.00. The number of aromatic nitrogens is 1. The molecule has 0 amide bonds. The van der Waals surface area contributed by atoms with Crippen molar-refractivity contribution >= 4 is 17.1 Å². The molecular weight excluding hydrogens is 266 g/mol. The highest BCUT2D eigenvalue weighted by Crippen LogP contribution is 2.40. The molecule has 0 N–H and O–H groups in total. The van der Waals surface area contributed by atoms with Crippen LogP contribution >= 0.6 is 11.3 Å². The lowest BCUT2D eigenvalue weighted by Gasteiger charge is -2.36. The Hall–Kier alpha value is -0.700. The van der Waals surface area contributed by atoms with Gasteiger partial charge in [0.15, 0.2) is 0 Å². The fraction of sp³-hybridized carbons (Fsp3) is 0.765. The van der Waals surface area contributed by atoms with E-state index in [1.165, 1.54) is 17.7 Å². The molecule has 0 saturated heterocycles. The fourth-order valence-electron chi connectivity index (χ4n) is 3.19. The van der Waals surface area contributed by atoms with Gasteiger partial charge in [-0.15, -0.1) is 11.3 Å². The largest absolute Gasteiger partial charge is 0.299 e. The van der Waals surface area contributed by atoms with E-state index in [0.29, 0.717) is 17.6 Å². The van der Waals surface area contributed by atoms with Gasteiger partial charge in [-0.25, -0.2) is 4.98 Å². The molecule has 3 heteroatoms. The van der Waals surface area contributed by atoms with Gasteiger partial charge in [-0.1, -0.05) is 20.8 Å². The van der Waals surface area contributed by atoms with Crippen LogP contribution in [0.5, 0.6) is 0 Å². The molecule has 1 saturated carbocycles. The smallest absolute Gasteiger partial charge is 0.142 e. The standard InChI is InChI=1S/C17H27NOS/c1-11-12(2)20-16(18-11)10-15(19)13-6-8-14(9-7-13)17(3,4)5/h13-14H,6-10H2,1-5H3. The third-order valence-corrected chi connectivity index (χ3v) is 5.88. The molecule has 20 heavy (non-hydrogen) atoms. The highest BCUT2D eigenvalue weighted by Gasteiger charge is 2.32. The lowest BCUT2D eigenvalue weighted by Crippen LogP contribution is -2.29. The van der Waals surface area contributed by atoms with Crippen molar-refractivity contribution in [2.45, 2.75) is 66.7 Å². The lowest BCUT2D eigenvalue weighted by atomic mass is 9.69. The van der Waals surface area contributed by atoms with Crippen molar-refractivity contribution in [1.82, 2.24) is 4.98 Å². The minimum absolute atomic E-state index is 0.276. The van der Waals surface area contributed by atoms with Gasteiger partial charge >= 0.3 is 0 Å². The maximum atomic E-state index is 12.4. The van der Waals surface area contributed by atoms with Gasteiger partial charge in [0.25, 0.3) is 0 Å². The van der Waals surface area contributed by atoms with E-state index in [4.69, 9.17) is 0 Å². The predicted molar refractivity (Wildman–Crippen MR) is 85.2 cm³/mol. The summed E-state index contributed by atoms with van der Waals surface area (Å²) in [6.45, 7) is 11.1. The van der Waals surface area contributed by atoms with E-state index >= 15 is 0 Å². The quantitative estimate of drug-likeness (QED) is 0.807. The van der Waals surface area contributed by atoms with E-state index in [1.54, 1.807) is 11.3 Å². The second-order valence-electron chi connectivity index (χ2n) is 7.31. The second kappa shape index (κ2) is 5.97. The van der Waals surface area contributed by atoms with E-state index in [9.17, 15) is 4.79 Å². The fourth-order valence-corrected chi connectivity index (χ4v) is 4.13. The maximum Gasteiger partial charge on any atom is 0.142 e. The second-order valence-corrected chi connectivity index (χ2v) is 8.59. The average Bonchev–Trinajstić information content (AvgIpc) is 2.67. The highest BCUT2D eigenvalue weighted by molar-refractivity contribution is 7.11. The lowest BCUT2D eigenvalue weighted by molar-refractivity contribution is -0.123. The molecule has 2 rings (SSSR count). The molecule has 0 radical (unpaired) electrons. The van der Waals surface area contributed by atoms with E-state index in [-0.39, 0.29) is 5.92 Å². The molecule has 0 aliphatic heterocycles. The number of nitrogens with zero attached hydrogens (tertiary/aromatic N) is 1. The molecule has 1 heterocycles. The SMILES string of the molecule is Cc1nc(CC(=O)C2CCC(C(C)(C)C)CC2)sc1C. The zero-order valence-electron chi connectivity index (χ0n) is 13.5. The zero-order chi connectivity index (χ0) is 14.9. The molecule has 1 aliphatic rings. The van der Waals surface area contributed by atoms with Crippen molar-refractivity contribution in [1.29, 1.82) is 0 Å². The summed E-state index contributed by atoms with van der Waals surface area (Å²) in [5.74, 6) is 1.46. The maximum absolute atomic E-state index is 12.4. The van der Waals surface area contributed by atoms with E-state index in [2.05, 4.69) is 32.7 Å². The Morgan fingerprint density at radius 2 is 1.80 bits per heavy atom. The summed E-state index contributed by atoms with van der Waals surface area (Å²) in [6.07, 6.45) is 5.10. The number of ketones is 1. The molecule has 1 aromatic rings.